The summed E-state index contributed by atoms with van der Waals surface area (Å²) in [5.74, 6) is 0.565. The van der Waals surface area contributed by atoms with Gasteiger partial charge < -0.3 is 10.4 Å². The predicted octanol–water partition coefficient (Wildman–Crippen LogP) is 3.13. The fourth-order valence-corrected chi connectivity index (χ4v) is 4.12. The van der Waals surface area contributed by atoms with Crippen LogP contribution in [-0.4, -0.2) is 41.1 Å². The normalized spacial score (nSPS) is 26.9. The number of hydrogen-bond acceptors (Lipinski definition) is 3. The Morgan fingerprint density at radius 2 is 1.74 bits per heavy atom. The summed E-state index contributed by atoms with van der Waals surface area (Å²) in [6.07, 6.45) is 6.73. The first-order chi connectivity index (χ1) is 11.1. The first-order valence-electron chi connectivity index (χ1n) is 8.93. The largest absolute Gasteiger partial charge is 0.391 e. The number of piperidine rings is 1. The minimum Gasteiger partial charge on any atom is -0.391 e. The van der Waals surface area contributed by atoms with Crippen LogP contribution in [0.2, 0.25) is 0 Å². The van der Waals surface area contributed by atoms with E-state index in [0.717, 1.165) is 44.5 Å². The number of aliphatic hydroxyl groups excluding tert-OH is 1. The molecule has 1 aliphatic carbocycles. The van der Waals surface area contributed by atoms with Gasteiger partial charge in [0.25, 0.3) is 0 Å². The van der Waals surface area contributed by atoms with Gasteiger partial charge in [0.15, 0.2) is 0 Å². The SMILES string of the molecule is CC(=O)Nc1ccc(C2CCN(C3CCCCC3O)CC2)cc1. The van der Waals surface area contributed by atoms with E-state index in [2.05, 4.69) is 22.3 Å². The van der Waals surface area contributed by atoms with Gasteiger partial charge in [-0.2, -0.15) is 0 Å². The Morgan fingerprint density at radius 3 is 2.35 bits per heavy atom. The van der Waals surface area contributed by atoms with Gasteiger partial charge in [0, 0.05) is 18.7 Å². The smallest absolute Gasteiger partial charge is 0.221 e. The minimum absolute atomic E-state index is 0.0305. The number of anilines is 1. The standard InChI is InChI=1S/C19H28N2O2/c1-14(22)20-17-8-6-15(7-9-17)16-10-12-21(13-11-16)18-4-2-3-5-19(18)23/h6-9,16,18-19,23H,2-5,10-13H2,1H3,(H,20,22). The number of benzene rings is 1. The van der Waals surface area contributed by atoms with E-state index in [4.69, 9.17) is 0 Å². The monoisotopic (exact) mass is 316 g/mol. The highest BCUT2D eigenvalue weighted by Crippen LogP contribution is 2.32. The zero-order valence-corrected chi connectivity index (χ0v) is 14.0. The summed E-state index contributed by atoms with van der Waals surface area (Å²) < 4.78 is 0. The average molecular weight is 316 g/mol. The van der Waals surface area contributed by atoms with Crippen molar-refractivity contribution < 1.29 is 9.90 Å². The molecule has 1 heterocycles. The molecule has 1 aromatic rings. The Labute approximate surface area is 138 Å². The van der Waals surface area contributed by atoms with Gasteiger partial charge in [-0.1, -0.05) is 25.0 Å². The maximum absolute atomic E-state index is 11.1. The van der Waals surface area contributed by atoms with Crippen LogP contribution in [0.4, 0.5) is 5.69 Å². The van der Waals surface area contributed by atoms with Gasteiger partial charge in [-0.05, 0) is 62.4 Å². The van der Waals surface area contributed by atoms with Crippen molar-refractivity contribution in [2.75, 3.05) is 18.4 Å². The van der Waals surface area contributed by atoms with Crippen LogP contribution in [0.3, 0.4) is 0 Å². The molecular weight excluding hydrogens is 288 g/mol. The lowest BCUT2D eigenvalue weighted by molar-refractivity contribution is -0.114. The van der Waals surface area contributed by atoms with Gasteiger partial charge in [-0.25, -0.2) is 0 Å². The Morgan fingerprint density at radius 1 is 1.09 bits per heavy atom. The summed E-state index contributed by atoms with van der Waals surface area (Å²) in [6, 6.07) is 8.65. The second-order valence-corrected chi connectivity index (χ2v) is 7.03. The van der Waals surface area contributed by atoms with Crippen LogP contribution in [-0.2, 0) is 4.79 Å². The Hall–Kier alpha value is -1.39. The molecule has 1 saturated heterocycles. The Balaban J connectivity index is 1.55. The van der Waals surface area contributed by atoms with Gasteiger partial charge in [0.1, 0.15) is 0 Å². The van der Waals surface area contributed by atoms with Crippen molar-refractivity contribution in [2.45, 2.75) is 63.5 Å². The van der Waals surface area contributed by atoms with E-state index < -0.39 is 0 Å². The van der Waals surface area contributed by atoms with E-state index in [9.17, 15) is 9.90 Å². The van der Waals surface area contributed by atoms with Crippen molar-refractivity contribution in [3.05, 3.63) is 29.8 Å². The molecule has 0 bridgehead atoms. The molecule has 4 heteroatoms. The summed E-state index contributed by atoms with van der Waals surface area (Å²) >= 11 is 0. The fraction of sp³-hybridized carbons (Fsp3) is 0.632. The number of likely N-dealkylation sites (tertiary alicyclic amines) is 1. The molecule has 2 atom stereocenters. The van der Waals surface area contributed by atoms with Gasteiger partial charge in [0.05, 0.1) is 6.10 Å². The molecule has 1 saturated carbocycles. The van der Waals surface area contributed by atoms with Crippen molar-refractivity contribution in [3.8, 4) is 0 Å². The second-order valence-electron chi connectivity index (χ2n) is 7.03. The number of hydrogen-bond donors (Lipinski definition) is 2. The summed E-state index contributed by atoms with van der Waals surface area (Å²) in [5, 5.41) is 13.0. The van der Waals surface area contributed by atoms with Crippen LogP contribution in [0.25, 0.3) is 0 Å². The summed E-state index contributed by atoms with van der Waals surface area (Å²) in [5.41, 5.74) is 2.23. The van der Waals surface area contributed by atoms with Gasteiger partial charge in [-0.3, -0.25) is 9.69 Å². The van der Waals surface area contributed by atoms with Gasteiger partial charge >= 0.3 is 0 Å². The van der Waals surface area contributed by atoms with Crippen molar-refractivity contribution >= 4 is 11.6 Å². The molecule has 2 aliphatic rings. The van der Waals surface area contributed by atoms with Gasteiger partial charge in [-0.15, -0.1) is 0 Å². The highest BCUT2D eigenvalue weighted by Gasteiger charge is 2.31. The molecule has 0 spiro atoms. The molecule has 1 amide bonds. The molecule has 2 fully saturated rings. The van der Waals surface area contributed by atoms with Crippen LogP contribution in [0.1, 0.15) is 56.9 Å². The average Bonchev–Trinajstić information content (AvgIpc) is 2.56. The zero-order chi connectivity index (χ0) is 16.2. The second kappa shape index (κ2) is 7.45. The third kappa shape index (κ3) is 4.12. The lowest BCUT2D eigenvalue weighted by atomic mass is 9.86. The van der Waals surface area contributed by atoms with Crippen molar-refractivity contribution in [1.82, 2.24) is 4.90 Å². The van der Waals surface area contributed by atoms with Crippen LogP contribution in [0.5, 0.6) is 0 Å². The van der Waals surface area contributed by atoms with E-state index in [1.165, 1.54) is 25.3 Å². The molecule has 1 aliphatic heterocycles. The fourth-order valence-electron chi connectivity index (χ4n) is 4.12. The van der Waals surface area contributed by atoms with Crippen LogP contribution in [0, 0.1) is 0 Å². The first kappa shape index (κ1) is 16.5. The van der Waals surface area contributed by atoms with Crippen molar-refractivity contribution in [3.63, 3.8) is 0 Å². The van der Waals surface area contributed by atoms with Crippen molar-refractivity contribution in [1.29, 1.82) is 0 Å². The number of carbonyl (C=O) groups is 1. The molecule has 2 unspecified atom stereocenters. The van der Waals surface area contributed by atoms with Crippen molar-refractivity contribution in [2.24, 2.45) is 0 Å². The topological polar surface area (TPSA) is 52.6 Å². The maximum atomic E-state index is 11.1. The predicted molar refractivity (Wildman–Crippen MR) is 92.6 cm³/mol. The Bertz CT molecular complexity index is 521. The number of aliphatic hydroxyl groups is 1. The molecule has 3 rings (SSSR count). The molecule has 1 aromatic carbocycles. The summed E-state index contributed by atoms with van der Waals surface area (Å²) in [7, 11) is 0. The molecule has 0 aromatic heterocycles. The third-order valence-corrected chi connectivity index (χ3v) is 5.39. The number of nitrogens with zero attached hydrogens (tertiary/aromatic N) is 1. The molecule has 0 radical (unpaired) electrons. The molecule has 23 heavy (non-hydrogen) atoms. The lowest BCUT2D eigenvalue weighted by Crippen LogP contribution is -2.48. The quantitative estimate of drug-likeness (QED) is 0.901. The number of rotatable bonds is 3. The molecular formula is C19H28N2O2. The van der Waals surface area contributed by atoms with E-state index in [1.807, 2.05) is 12.1 Å². The number of nitrogens with one attached hydrogen (secondary N) is 1. The summed E-state index contributed by atoms with van der Waals surface area (Å²) in [4.78, 5) is 13.6. The Kier molecular flexibility index (Phi) is 5.34. The van der Waals surface area contributed by atoms with Gasteiger partial charge in [0.2, 0.25) is 5.91 Å². The highest BCUT2D eigenvalue weighted by molar-refractivity contribution is 5.88. The van der Waals surface area contributed by atoms with Crippen LogP contribution in [0.15, 0.2) is 24.3 Å². The molecule has 126 valence electrons. The molecule has 4 nitrogen and oxygen atoms in total. The minimum atomic E-state index is -0.128. The van der Waals surface area contributed by atoms with E-state index >= 15 is 0 Å². The maximum Gasteiger partial charge on any atom is 0.221 e. The third-order valence-electron chi connectivity index (χ3n) is 5.39. The molecule has 2 N–H and O–H groups in total. The van der Waals surface area contributed by atoms with E-state index in [1.54, 1.807) is 0 Å². The first-order valence-corrected chi connectivity index (χ1v) is 8.93. The summed E-state index contributed by atoms with van der Waals surface area (Å²) in [6.45, 7) is 3.70. The van der Waals surface area contributed by atoms with E-state index in [-0.39, 0.29) is 12.0 Å². The highest BCUT2D eigenvalue weighted by atomic mass is 16.3. The number of amides is 1. The van der Waals surface area contributed by atoms with E-state index in [0.29, 0.717) is 12.0 Å². The van der Waals surface area contributed by atoms with Crippen LogP contribution < -0.4 is 5.32 Å². The number of carbonyl (C=O) groups excluding carboxylic acids is 1. The lowest BCUT2D eigenvalue weighted by Gasteiger charge is -2.41. The zero-order valence-electron chi connectivity index (χ0n) is 14.0. The van der Waals surface area contributed by atoms with Crippen LogP contribution >= 0.6 is 0 Å².